The summed E-state index contributed by atoms with van der Waals surface area (Å²) in [4.78, 5) is 14.3. The molecule has 1 N–H and O–H groups in total. The Balaban J connectivity index is 1.89. The minimum absolute atomic E-state index is 0.476. The molecule has 2 rings (SSSR count). The highest BCUT2D eigenvalue weighted by molar-refractivity contribution is 7.16. The van der Waals surface area contributed by atoms with Gasteiger partial charge < -0.3 is 10.0 Å². The summed E-state index contributed by atoms with van der Waals surface area (Å²) in [7, 11) is 1.95. The fraction of sp³-hybridized carbons (Fsp3) is 0.545. The van der Waals surface area contributed by atoms with Crippen LogP contribution in [0.25, 0.3) is 0 Å². The van der Waals surface area contributed by atoms with Crippen molar-refractivity contribution in [2.45, 2.75) is 19.4 Å². The van der Waals surface area contributed by atoms with Gasteiger partial charge in [-0.2, -0.15) is 0 Å². The lowest BCUT2D eigenvalue weighted by Crippen LogP contribution is -2.31. The van der Waals surface area contributed by atoms with E-state index in [9.17, 15) is 4.79 Å². The molecule has 0 bridgehead atoms. The maximum atomic E-state index is 11.0. The Morgan fingerprint density at radius 3 is 2.75 bits per heavy atom. The molecule has 0 atom stereocenters. The molecule has 1 aromatic heterocycles. The minimum Gasteiger partial charge on any atom is -0.481 e. The van der Waals surface area contributed by atoms with Crippen LogP contribution in [0.1, 0.15) is 17.7 Å². The second-order valence-electron chi connectivity index (χ2n) is 4.46. The molecule has 0 radical (unpaired) electrons. The zero-order valence-corrected chi connectivity index (χ0v) is 10.6. The summed E-state index contributed by atoms with van der Waals surface area (Å²) in [6.45, 7) is 1.39. The molecule has 1 aliphatic rings. The summed E-state index contributed by atoms with van der Waals surface area (Å²) in [5.74, 6) is -0.663. The van der Waals surface area contributed by atoms with E-state index < -0.39 is 11.4 Å². The van der Waals surface area contributed by atoms with Gasteiger partial charge in [-0.3, -0.25) is 4.79 Å². The van der Waals surface area contributed by atoms with Gasteiger partial charge in [-0.25, -0.2) is 0 Å². The van der Waals surface area contributed by atoms with Crippen molar-refractivity contribution >= 4 is 28.9 Å². The fourth-order valence-electron chi connectivity index (χ4n) is 1.87. The van der Waals surface area contributed by atoms with Gasteiger partial charge in [0.15, 0.2) is 0 Å². The lowest BCUT2D eigenvalue weighted by atomic mass is 10.1. The van der Waals surface area contributed by atoms with Crippen LogP contribution in [-0.2, 0) is 11.3 Å². The number of rotatable bonds is 5. The van der Waals surface area contributed by atoms with Crippen LogP contribution in [0.5, 0.6) is 0 Å². The van der Waals surface area contributed by atoms with E-state index in [0.717, 1.165) is 23.7 Å². The van der Waals surface area contributed by atoms with Crippen LogP contribution in [0.15, 0.2) is 12.1 Å². The maximum Gasteiger partial charge on any atom is 0.310 e. The van der Waals surface area contributed by atoms with E-state index in [4.69, 9.17) is 16.7 Å². The van der Waals surface area contributed by atoms with E-state index in [1.165, 1.54) is 4.88 Å². The molecule has 5 heteroatoms. The van der Waals surface area contributed by atoms with E-state index in [0.29, 0.717) is 6.54 Å². The molecular formula is C11H14ClNO2S. The summed E-state index contributed by atoms with van der Waals surface area (Å²) in [6, 6.07) is 3.86. The van der Waals surface area contributed by atoms with E-state index in [-0.39, 0.29) is 0 Å². The Bertz CT molecular complexity index is 400. The first-order valence-electron chi connectivity index (χ1n) is 5.18. The van der Waals surface area contributed by atoms with Gasteiger partial charge >= 0.3 is 5.97 Å². The van der Waals surface area contributed by atoms with Crippen molar-refractivity contribution in [2.75, 3.05) is 13.6 Å². The van der Waals surface area contributed by atoms with Crippen LogP contribution in [0.3, 0.4) is 0 Å². The molecule has 1 aromatic rings. The number of carbonyl (C=O) groups is 1. The Labute approximate surface area is 104 Å². The summed E-state index contributed by atoms with van der Waals surface area (Å²) in [5, 5.41) is 9.08. The second kappa shape index (κ2) is 4.35. The number of nitrogens with zero attached hydrogens (tertiary/aromatic N) is 1. The van der Waals surface area contributed by atoms with Gasteiger partial charge in [0.05, 0.1) is 9.75 Å². The van der Waals surface area contributed by atoms with Gasteiger partial charge in [-0.1, -0.05) is 11.6 Å². The van der Waals surface area contributed by atoms with Crippen LogP contribution < -0.4 is 0 Å². The van der Waals surface area contributed by atoms with Crippen LogP contribution in [-0.4, -0.2) is 29.6 Å². The quantitative estimate of drug-likeness (QED) is 0.884. The van der Waals surface area contributed by atoms with Gasteiger partial charge in [0.1, 0.15) is 0 Å². The van der Waals surface area contributed by atoms with Gasteiger partial charge in [0.2, 0.25) is 0 Å². The van der Waals surface area contributed by atoms with E-state index in [2.05, 4.69) is 4.90 Å². The molecule has 1 saturated carbocycles. The van der Waals surface area contributed by atoms with Crippen molar-refractivity contribution in [3.8, 4) is 0 Å². The normalized spacial score (nSPS) is 17.7. The lowest BCUT2D eigenvalue weighted by Gasteiger charge is -2.19. The molecule has 0 unspecified atom stereocenters. The monoisotopic (exact) mass is 259 g/mol. The van der Waals surface area contributed by atoms with Crippen molar-refractivity contribution in [1.29, 1.82) is 0 Å². The van der Waals surface area contributed by atoms with E-state index >= 15 is 0 Å². The van der Waals surface area contributed by atoms with E-state index in [1.54, 1.807) is 11.3 Å². The topological polar surface area (TPSA) is 40.5 Å². The molecule has 1 heterocycles. The Hall–Kier alpha value is -0.580. The highest BCUT2D eigenvalue weighted by atomic mass is 35.5. The number of thiophene rings is 1. The Kier molecular flexibility index (Phi) is 3.24. The predicted octanol–water partition coefficient (Wildman–Crippen LogP) is 2.70. The highest BCUT2D eigenvalue weighted by Gasteiger charge is 2.50. The molecule has 88 valence electrons. The van der Waals surface area contributed by atoms with E-state index in [1.807, 2.05) is 19.2 Å². The lowest BCUT2D eigenvalue weighted by molar-refractivity contribution is -0.144. The molecule has 0 saturated heterocycles. The summed E-state index contributed by atoms with van der Waals surface area (Å²) < 4.78 is 0.780. The summed E-state index contributed by atoms with van der Waals surface area (Å²) >= 11 is 7.39. The largest absolute Gasteiger partial charge is 0.481 e. The van der Waals surface area contributed by atoms with Crippen LogP contribution in [0, 0.1) is 5.41 Å². The Morgan fingerprint density at radius 2 is 2.31 bits per heavy atom. The number of halogens is 1. The first-order chi connectivity index (χ1) is 7.52. The van der Waals surface area contributed by atoms with Gasteiger partial charge in [-0.15, -0.1) is 11.3 Å². The van der Waals surface area contributed by atoms with Crippen molar-refractivity contribution in [1.82, 2.24) is 4.90 Å². The molecule has 1 fully saturated rings. The molecular weight excluding hydrogens is 246 g/mol. The third-order valence-corrected chi connectivity index (χ3v) is 4.15. The molecule has 16 heavy (non-hydrogen) atoms. The number of carboxylic acid groups (broad SMARTS) is 1. The molecule has 3 nitrogen and oxygen atoms in total. The average molecular weight is 260 g/mol. The minimum atomic E-state index is -0.663. The fourth-order valence-corrected chi connectivity index (χ4v) is 3.03. The maximum absolute atomic E-state index is 11.0. The first kappa shape index (κ1) is 11.9. The standard InChI is InChI=1S/C11H14ClNO2S/c1-13(6-8-2-3-9(12)16-8)7-11(4-5-11)10(14)15/h2-3H,4-7H2,1H3,(H,14,15). The molecule has 1 aliphatic carbocycles. The zero-order valence-electron chi connectivity index (χ0n) is 9.07. The zero-order chi connectivity index (χ0) is 11.8. The Morgan fingerprint density at radius 1 is 1.62 bits per heavy atom. The van der Waals surface area contributed by atoms with Crippen molar-refractivity contribution in [2.24, 2.45) is 5.41 Å². The molecule has 0 aromatic carbocycles. The number of carboxylic acids is 1. The third kappa shape index (κ3) is 2.56. The number of aliphatic carboxylic acids is 1. The smallest absolute Gasteiger partial charge is 0.310 e. The van der Waals surface area contributed by atoms with Crippen LogP contribution in [0.2, 0.25) is 4.34 Å². The van der Waals surface area contributed by atoms with Crippen LogP contribution >= 0.6 is 22.9 Å². The second-order valence-corrected chi connectivity index (χ2v) is 6.26. The van der Waals surface area contributed by atoms with Crippen molar-refractivity contribution in [3.63, 3.8) is 0 Å². The first-order valence-corrected chi connectivity index (χ1v) is 6.37. The number of hydrogen-bond donors (Lipinski definition) is 1. The van der Waals surface area contributed by atoms with Gasteiger partial charge in [-0.05, 0) is 32.0 Å². The van der Waals surface area contributed by atoms with Crippen molar-refractivity contribution in [3.05, 3.63) is 21.3 Å². The third-order valence-electron chi connectivity index (χ3n) is 2.93. The summed E-state index contributed by atoms with van der Waals surface area (Å²) in [6.07, 6.45) is 1.61. The average Bonchev–Trinajstić information content (AvgIpc) is 2.85. The molecule has 0 amide bonds. The highest BCUT2D eigenvalue weighted by Crippen LogP contribution is 2.46. The molecule has 0 aliphatic heterocycles. The summed E-state index contributed by atoms with van der Waals surface area (Å²) in [5.41, 5.74) is -0.476. The van der Waals surface area contributed by atoms with Crippen LogP contribution in [0.4, 0.5) is 0 Å². The SMILES string of the molecule is CN(Cc1ccc(Cl)s1)CC1(C(=O)O)CC1. The predicted molar refractivity (Wildman–Crippen MR) is 65.0 cm³/mol. The van der Waals surface area contributed by atoms with Gasteiger partial charge in [0.25, 0.3) is 0 Å². The molecule has 0 spiro atoms. The van der Waals surface area contributed by atoms with Gasteiger partial charge in [0, 0.05) is 18.0 Å². The number of hydrogen-bond acceptors (Lipinski definition) is 3. The van der Waals surface area contributed by atoms with Crippen molar-refractivity contribution < 1.29 is 9.90 Å².